The Morgan fingerprint density at radius 2 is 1.86 bits per heavy atom. The normalized spacial score (nSPS) is 19.7. The number of urea groups is 1. The third kappa shape index (κ3) is 3.78. The van der Waals surface area contributed by atoms with Crippen LogP contribution in [-0.4, -0.2) is 35.9 Å². The van der Waals surface area contributed by atoms with Gasteiger partial charge in [-0.05, 0) is 68.3 Å². The van der Waals surface area contributed by atoms with Crippen LogP contribution in [0.3, 0.4) is 0 Å². The summed E-state index contributed by atoms with van der Waals surface area (Å²) in [5.74, 6) is -0.293. The van der Waals surface area contributed by atoms with Crippen LogP contribution >= 0.6 is 11.6 Å². The number of rotatable bonds is 5. The zero-order chi connectivity index (χ0) is 21.3. The van der Waals surface area contributed by atoms with Gasteiger partial charge in [0.05, 0.1) is 7.11 Å². The van der Waals surface area contributed by atoms with Crippen molar-refractivity contribution in [3.05, 3.63) is 58.6 Å². The van der Waals surface area contributed by atoms with Crippen molar-refractivity contribution in [2.24, 2.45) is 0 Å². The average Bonchev–Trinajstić information content (AvgIpc) is 2.92. The summed E-state index contributed by atoms with van der Waals surface area (Å²) in [5.41, 5.74) is 0.692. The van der Waals surface area contributed by atoms with Crippen LogP contribution in [0.5, 0.6) is 5.75 Å². The number of benzene rings is 2. The summed E-state index contributed by atoms with van der Waals surface area (Å²) in [5, 5.41) is 5.95. The highest BCUT2D eigenvalue weighted by atomic mass is 35.5. The monoisotopic (exact) mass is 415 g/mol. The Kier molecular flexibility index (Phi) is 5.53. The van der Waals surface area contributed by atoms with Crippen LogP contribution in [0, 0.1) is 6.92 Å². The topological polar surface area (TPSA) is 87.7 Å². The summed E-state index contributed by atoms with van der Waals surface area (Å²) in [7, 11) is 1.56. The van der Waals surface area contributed by atoms with Gasteiger partial charge in [-0.25, -0.2) is 9.69 Å². The van der Waals surface area contributed by atoms with E-state index in [-0.39, 0.29) is 0 Å². The highest BCUT2D eigenvalue weighted by molar-refractivity contribution is 6.30. The standard InChI is InChI=1S/C21H22ClN3O4/c1-12-11-14(5-10-17(12)29-4)21(3)19(27)25(20(28)24-21)13(2)18(26)23-16-8-6-15(22)7-9-16/h5-11,13H,1-4H3,(H,23,26)(H,24,28). The molecule has 0 aromatic heterocycles. The van der Waals surface area contributed by atoms with Crippen molar-refractivity contribution in [2.45, 2.75) is 32.4 Å². The number of aryl methyl sites for hydroxylation is 1. The van der Waals surface area contributed by atoms with E-state index in [0.29, 0.717) is 22.0 Å². The minimum Gasteiger partial charge on any atom is -0.496 e. The second-order valence-corrected chi connectivity index (χ2v) is 7.52. The van der Waals surface area contributed by atoms with Gasteiger partial charge in [-0.2, -0.15) is 0 Å². The minimum absolute atomic E-state index is 0.481. The van der Waals surface area contributed by atoms with Crippen LogP contribution in [0.4, 0.5) is 10.5 Å². The number of ether oxygens (including phenoxy) is 1. The molecule has 152 valence electrons. The summed E-state index contributed by atoms with van der Waals surface area (Å²) in [6.07, 6.45) is 0. The first-order valence-electron chi connectivity index (χ1n) is 9.04. The molecule has 2 unspecified atom stereocenters. The molecule has 0 aliphatic carbocycles. The molecule has 1 aliphatic heterocycles. The number of hydrogen-bond donors (Lipinski definition) is 2. The van der Waals surface area contributed by atoms with Crippen LogP contribution in [0.1, 0.15) is 25.0 Å². The lowest BCUT2D eigenvalue weighted by Gasteiger charge is -2.25. The minimum atomic E-state index is -1.27. The van der Waals surface area contributed by atoms with Gasteiger partial charge in [0.15, 0.2) is 0 Å². The van der Waals surface area contributed by atoms with E-state index in [2.05, 4.69) is 10.6 Å². The maximum atomic E-state index is 13.2. The van der Waals surface area contributed by atoms with Crippen LogP contribution in [-0.2, 0) is 15.1 Å². The molecule has 0 radical (unpaired) electrons. The van der Waals surface area contributed by atoms with Gasteiger partial charge in [0.2, 0.25) is 5.91 Å². The zero-order valence-electron chi connectivity index (χ0n) is 16.6. The second kappa shape index (κ2) is 7.75. The van der Waals surface area contributed by atoms with Gasteiger partial charge in [0, 0.05) is 10.7 Å². The fourth-order valence-electron chi connectivity index (χ4n) is 3.29. The predicted molar refractivity (Wildman–Crippen MR) is 110 cm³/mol. The highest BCUT2D eigenvalue weighted by Crippen LogP contribution is 2.32. The molecular weight excluding hydrogens is 394 g/mol. The fourth-order valence-corrected chi connectivity index (χ4v) is 3.42. The maximum Gasteiger partial charge on any atom is 0.326 e. The molecule has 1 fully saturated rings. The molecule has 8 heteroatoms. The van der Waals surface area contributed by atoms with E-state index < -0.39 is 29.4 Å². The van der Waals surface area contributed by atoms with Gasteiger partial charge in [-0.3, -0.25) is 9.59 Å². The van der Waals surface area contributed by atoms with Gasteiger partial charge in [0.1, 0.15) is 17.3 Å². The first kappa shape index (κ1) is 20.7. The molecule has 29 heavy (non-hydrogen) atoms. The fraction of sp³-hybridized carbons (Fsp3) is 0.286. The maximum absolute atomic E-state index is 13.2. The van der Waals surface area contributed by atoms with Crippen LogP contribution < -0.4 is 15.4 Å². The Hall–Kier alpha value is -3.06. The smallest absolute Gasteiger partial charge is 0.326 e. The number of carbonyl (C=O) groups excluding carboxylic acids is 3. The Morgan fingerprint density at radius 1 is 1.21 bits per heavy atom. The Morgan fingerprint density at radius 3 is 2.45 bits per heavy atom. The summed E-state index contributed by atoms with van der Waals surface area (Å²) >= 11 is 5.85. The third-order valence-electron chi connectivity index (χ3n) is 5.07. The molecule has 0 spiro atoms. The van der Waals surface area contributed by atoms with Gasteiger partial charge < -0.3 is 15.4 Å². The van der Waals surface area contributed by atoms with Gasteiger partial charge in [0.25, 0.3) is 5.91 Å². The van der Waals surface area contributed by atoms with E-state index in [1.54, 1.807) is 56.5 Å². The van der Waals surface area contributed by atoms with E-state index >= 15 is 0 Å². The molecule has 0 saturated carbocycles. The molecule has 1 aliphatic rings. The molecule has 7 nitrogen and oxygen atoms in total. The average molecular weight is 416 g/mol. The summed E-state index contributed by atoms with van der Waals surface area (Å²) in [6, 6.07) is 10.2. The molecule has 0 bridgehead atoms. The van der Waals surface area contributed by atoms with Crippen LogP contribution in [0.15, 0.2) is 42.5 Å². The van der Waals surface area contributed by atoms with Crippen molar-refractivity contribution in [1.29, 1.82) is 0 Å². The lowest BCUT2D eigenvalue weighted by atomic mass is 9.90. The SMILES string of the molecule is COc1ccc(C2(C)NC(=O)N(C(C)C(=O)Nc3ccc(Cl)cc3)C2=O)cc1C. The molecule has 2 aromatic carbocycles. The molecule has 4 amide bonds. The number of amides is 4. The van der Waals surface area contributed by atoms with E-state index in [1.165, 1.54) is 6.92 Å². The van der Waals surface area contributed by atoms with Crippen molar-refractivity contribution in [3.63, 3.8) is 0 Å². The summed E-state index contributed by atoms with van der Waals surface area (Å²) < 4.78 is 5.25. The number of hydrogen-bond acceptors (Lipinski definition) is 4. The Balaban J connectivity index is 1.82. The van der Waals surface area contributed by atoms with Crippen molar-refractivity contribution in [3.8, 4) is 5.75 Å². The van der Waals surface area contributed by atoms with Crippen molar-refractivity contribution in [1.82, 2.24) is 10.2 Å². The molecule has 2 N–H and O–H groups in total. The Labute approximate surface area is 174 Å². The molecule has 2 atom stereocenters. The highest BCUT2D eigenvalue weighted by Gasteiger charge is 2.51. The number of nitrogens with zero attached hydrogens (tertiary/aromatic N) is 1. The number of methoxy groups -OCH3 is 1. The van der Waals surface area contributed by atoms with E-state index in [4.69, 9.17) is 16.3 Å². The molecule has 1 heterocycles. The number of anilines is 1. The molecule has 1 saturated heterocycles. The largest absolute Gasteiger partial charge is 0.496 e. The Bertz CT molecular complexity index is 976. The second-order valence-electron chi connectivity index (χ2n) is 7.09. The quantitative estimate of drug-likeness (QED) is 0.732. The number of nitrogens with one attached hydrogen (secondary N) is 2. The van der Waals surface area contributed by atoms with Crippen molar-refractivity contribution >= 4 is 35.1 Å². The first-order chi connectivity index (χ1) is 13.7. The lowest BCUT2D eigenvalue weighted by molar-refractivity contribution is -0.136. The predicted octanol–water partition coefficient (Wildman–Crippen LogP) is 3.45. The number of halogens is 1. The third-order valence-corrected chi connectivity index (χ3v) is 5.32. The van der Waals surface area contributed by atoms with Gasteiger partial charge in [-0.1, -0.05) is 17.7 Å². The molecule has 3 rings (SSSR count). The molecule has 2 aromatic rings. The van der Waals surface area contributed by atoms with Crippen LogP contribution in [0.2, 0.25) is 5.02 Å². The first-order valence-corrected chi connectivity index (χ1v) is 9.42. The van der Waals surface area contributed by atoms with E-state index in [1.807, 2.05) is 6.92 Å². The van der Waals surface area contributed by atoms with Crippen molar-refractivity contribution in [2.75, 3.05) is 12.4 Å². The lowest BCUT2D eigenvalue weighted by Crippen LogP contribution is -2.47. The molecular formula is C21H22ClN3O4. The summed E-state index contributed by atoms with van der Waals surface area (Å²) in [6.45, 7) is 4.99. The van der Waals surface area contributed by atoms with E-state index in [0.717, 1.165) is 10.5 Å². The number of carbonyl (C=O) groups is 3. The van der Waals surface area contributed by atoms with Gasteiger partial charge in [-0.15, -0.1) is 0 Å². The zero-order valence-corrected chi connectivity index (χ0v) is 17.3. The van der Waals surface area contributed by atoms with Crippen LogP contribution in [0.25, 0.3) is 0 Å². The van der Waals surface area contributed by atoms with Gasteiger partial charge >= 0.3 is 6.03 Å². The number of imide groups is 1. The summed E-state index contributed by atoms with van der Waals surface area (Å²) in [4.78, 5) is 39.3. The van der Waals surface area contributed by atoms with E-state index in [9.17, 15) is 14.4 Å². The van der Waals surface area contributed by atoms with Crippen molar-refractivity contribution < 1.29 is 19.1 Å².